The van der Waals surface area contributed by atoms with Gasteiger partial charge in [-0.2, -0.15) is 0 Å². The Balaban J connectivity index is 4.83. The van der Waals surface area contributed by atoms with Crippen molar-refractivity contribution >= 4 is 18.0 Å². The number of hydrogen-bond acceptors (Lipinski definition) is 7. The highest BCUT2D eigenvalue weighted by Gasteiger charge is 2.27. The van der Waals surface area contributed by atoms with Crippen molar-refractivity contribution in [3.05, 3.63) is 0 Å². The largest absolute Gasteiger partial charge is 0.509 e. The lowest BCUT2D eigenvalue weighted by Crippen LogP contribution is -2.45. The SMILES string of the molecule is COC(=O)OCN(/C(C)=N/O)[C@@H](CCCCN)C(=O)O. The normalized spacial score (nSPS) is 12.7. The highest BCUT2D eigenvalue weighted by Crippen LogP contribution is 2.11. The topological polar surface area (TPSA) is 135 Å². The van der Waals surface area contributed by atoms with Gasteiger partial charge in [0, 0.05) is 0 Å². The summed E-state index contributed by atoms with van der Waals surface area (Å²) in [7, 11) is 1.13. The number of carbonyl (C=O) groups excluding carboxylic acids is 1. The lowest BCUT2D eigenvalue weighted by molar-refractivity contribution is -0.143. The molecule has 20 heavy (non-hydrogen) atoms. The average molecular weight is 291 g/mol. The maximum atomic E-state index is 11.3. The van der Waals surface area contributed by atoms with Crippen LogP contribution in [0.2, 0.25) is 0 Å². The molecular weight excluding hydrogens is 270 g/mol. The standard InChI is InChI=1S/C11H21N3O6/c1-8(13-18)14(7-20-11(17)19-2)9(10(15)16)5-3-4-6-12/h9,18H,3-7,12H2,1-2H3,(H,15,16)/b13-8+/t9-/m0/s1. The van der Waals surface area contributed by atoms with E-state index >= 15 is 0 Å². The van der Waals surface area contributed by atoms with Gasteiger partial charge in [-0.3, -0.25) is 0 Å². The van der Waals surface area contributed by atoms with Gasteiger partial charge in [-0.1, -0.05) is 5.16 Å². The second-order valence-corrected chi connectivity index (χ2v) is 3.98. The van der Waals surface area contributed by atoms with Crippen LogP contribution in [0.15, 0.2) is 5.16 Å². The molecule has 0 bridgehead atoms. The first kappa shape index (κ1) is 18.0. The van der Waals surface area contributed by atoms with Gasteiger partial charge in [0.25, 0.3) is 0 Å². The van der Waals surface area contributed by atoms with Crippen LogP contribution in [0.25, 0.3) is 0 Å². The van der Waals surface area contributed by atoms with E-state index in [1.165, 1.54) is 6.92 Å². The number of oxime groups is 1. The molecule has 0 radical (unpaired) electrons. The van der Waals surface area contributed by atoms with E-state index in [-0.39, 0.29) is 19.0 Å². The van der Waals surface area contributed by atoms with Crippen molar-refractivity contribution in [2.24, 2.45) is 10.9 Å². The third-order valence-corrected chi connectivity index (χ3v) is 2.64. The lowest BCUT2D eigenvalue weighted by atomic mass is 10.1. The van der Waals surface area contributed by atoms with E-state index in [2.05, 4.69) is 9.89 Å². The fourth-order valence-electron chi connectivity index (χ4n) is 1.54. The number of nitrogens with zero attached hydrogens (tertiary/aromatic N) is 2. The maximum Gasteiger partial charge on any atom is 0.509 e. The quantitative estimate of drug-likeness (QED) is 0.111. The van der Waals surface area contributed by atoms with Gasteiger partial charge in [-0.15, -0.1) is 0 Å². The summed E-state index contributed by atoms with van der Waals surface area (Å²) in [6.07, 6.45) is 0.585. The van der Waals surface area contributed by atoms with Gasteiger partial charge < -0.3 is 30.4 Å². The minimum absolute atomic E-state index is 0.0223. The van der Waals surface area contributed by atoms with Crippen LogP contribution < -0.4 is 5.73 Å². The Kier molecular flexibility index (Phi) is 8.84. The monoisotopic (exact) mass is 291 g/mol. The van der Waals surface area contributed by atoms with Crippen LogP contribution in [0, 0.1) is 0 Å². The molecule has 0 unspecified atom stereocenters. The smallest absolute Gasteiger partial charge is 0.480 e. The van der Waals surface area contributed by atoms with Crippen LogP contribution in [-0.4, -0.2) is 59.6 Å². The number of amidine groups is 1. The van der Waals surface area contributed by atoms with E-state index < -0.39 is 18.2 Å². The van der Waals surface area contributed by atoms with Crippen LogP contribution in [0.5, 0.6) is 0 Å². The maximum absolute atomic E-state index is 11.3. The molecule has 0 fully saturated rings. The number of methoxy groups -OCH3 is 1. The molecule has 0 aromatic carbocycles. The van der Waals surface area contributed by atoms with E-state index in [1.807, 2.05) is 0 Å². The van der Waals surface area contributed by atoms with Crippen LogP contribution in [-0.2, 0) is 14.3 Å². The number of nitrogens with two attached hydrogens (primary N) is 1. The van der Waals surface area contributed by atoms with E-state index in [1.54, 1.807) is 0 Å². The molecule has 116 valence electrons. The lowest BCUT2D eigenvalue weighted by Gasteiger charge is -2.28. The molecule has 0 spiro atoms. The summed E-state index contributed by atoms with van der Waals surface area (Å²) < 4.78 is 9.00. The number of carboxylic acid groups (broad SMARTS) is 1. The summed E-state index contributed by atoms with van der Waals surface area (Å²) in [6.45, 7) is 1.47. The number of carboxylic acids is 1. The number of hydrogen-bond donors (Lipinski definition) is 3. The van der Waals surface area contributed by atoms with E-state index in [0.717, 1.165) is 12.0 Å². The van der Waals surface area contributed by atoms with Gasteiger partial charge in [0.05, 0.1) is 7.11 Å². The Hall–Kier alpha value is -2.03. The molecule has 0 aliphatic carbocycles. The van der Waals surface area contributed by atoms with Crippen molar-refractivity contribution in [1.29, 1.82) is 0 Å². The molecule has 0 heterocycles. The first-order chi connectivity index (χ1) is 9.47. The predicted molar refractivity (Wildman–Crippen MR) is 69.4 cm³/mol. The fraction of sp³-hybridized carbons (Fsp3) is 0.727. The molecule has 4 N–H and O–H groups in total. The summed E-state index contributed by atoms with van der Waals surface area (Å²) in [6, 6.07) is -0.984. The molecule has 0 saturated carbocycles. The van der Waals surface area contributed by atoms with Gasteiger partial charge in [0.1, 0.15) is 11.9 Å². The molecule has 9 heteroatoms. The zero-order chi connectivity index (χ0) is 15.5. The van der Waals surface area contributed by atoms with Crippen molar-refractivity contribution in [3.8, 4) is 0 Å². The third kappa shape index (κ3) is 6.23. The van der Waals surface area contributed by atoms with E-state index in [0.29, 0.717) is 19.4 Å². The van der Waals surface area contributed by atoms with Gasteiger partial charge in [-0.25, -0.2) is 9.59 Å². The van der Waals surface area contributed by atoms with Crippen molar-refractivity contribution in [1.82, 2.24) is 4.90 Å². The highest BCUT2D eigenvalue weighted by atomic mass is 16.7. The Morgan fingerprint density at radius 2 is 2.05 bits per heavy atom. The number of rotatable bonds is 8. The Labute approximate surface area is 116 Å². The number of aliphatic carboxylic acids is 1. The van der Waals surface area contributed by atoms with Gasteiger partial charge >= 0.3 is 12.1 Å². The zero-order valence-corrected chi connectivity index (χ0v) is 11.6. The van der Waals surface area contributed by atoms with E-state index in [4.69, 9.17) is 15.7 Å². The van der Waals surface area contributed by atoms with Crippen molar-refractivity contribution in [2.75, 3.05) is 20.4 Å². The summed E-state index contributed by atoms with van der Waals surface area (Å²) >= 11 is 0. The van der Waals surface area contributed by atoms with Crippen molar-refractivity contribution in [2.45, 2.75) is 32.2 Å². The van der Waals surface area contributed by atoms with Crippen LogP contribution in [0.1, 0.15) is 26.2 Å². The number of carbonyl (C=O) groups is 2. The summed E-state index contributed by atoms with van der Waals surface area (Å²) in [5.74, 6) is -1.09. The number of ether oxygens (including phenoxy) is 2. The molecule has 0 aromatic heterocycles. The fourth-order valence-corrected chi connectivity index (χ4v) is 1.54. The molecular formula is C11H21N3O6. The molecule has 0 saturated heterocycles. The molecule has 0 rings (SSSR count). The van der Waals surface area contributed by atoms with Crippen molar-refractivity contribution < 1.29 is 29.4 Å². The van der Waals surface area contributed by atoms with Crippen molar-refractivity contribution in [3.63, 3.8) is 0 Å². The Bertz CT molecular complexity index is 347. The Morgan fingerprint density at radius 1 is 1.40 bits per heavy atom. The van der Waals surface area contributed by atoms with Gasteiger partial charge in [0.2, 0.25) is 0 Å². The highest BCUT2D eigenvalue weighted by molar-refractivity contribution is 5.85. The van der Waals surface area contributed by atoms with Gasteiger partial charge in [-0.05, 0) is 32.7 Å². The minimum atomic E-state index is -1.11. The predicted octanol–water partition coefficient (Wildman–Crippen LogP) is 0.419. The molecule has 0 aliphatic heterocycles. The van der Waals surface area contributed by atoms with E-state index in [9.17, 15) is 14.7 Å². The Morgan fingerprint density at radius 3 is 2.50 bits per heavy atom. The summed E-state index contributed by atoms with van der Waals surface area (Å²) in [5, 5.41) is 21.0. The van der Waals surface area contributed by atoms with Gasteiger partial charge in [0.15, 0.2) is 6.73 Å². The summed E-state index contributed by atoms with van der Waals surface area (Å²) in [5.41, 5.74) is 5.36. The van der Waals surface area contributed by atoms with Crippen LogP contribution in [0.4, 0.5) is 4.79 Å². The minimum Gasteiger partial charge on any atom is -0.480 e. The zero-order valence-electron chi connectivity index (χ0n) is 11.6. The van der Waals surface area contributed by atoms with Crippen LogP contribution in [0.3, 0.4) is 0 Å². The average Bonchev–Trinajstić information content (AvgIpc) is 2.44. The third-order valence-electron chi connectivity index (χ3n) is 2.64. The molecule has 0 aromatic rings. The molecule has 1 atom stereocenters. The second-order valence-electron chi connectivity index (χ2n) is 3.98. The molecule has 9 nitrogen and oxygen atoms in total. The first-order valence-corrected chi connectivity index (χ1v) is 6.06. The first-order valence-electron chi connectivity index (χ1n) is 6.06. The molecule has 0 amide bonds. The number of unbranched alkanes of at least 4 members (excludes halogenated alkanes) is 1. The molecule has 0 aliphatic rings. The van der Waals surface area contributed by atoms with Crippen LogP contribution >= 0.6 is 0 Å². The second kappa shape index (κ2) is 9.84. The summed E-state index contributed by atoms with van der Waals surface area (Å²) in [4.78, 5) is 23.4.